The first-order valence-corrected chi connectivity index (χ1v) is 7.70. The lowest BCUT2D eigenvalue weighted by Gasteiger charge is -2.18. The zero-order chi connectivity index (χ0) is 14.5. The Balaban J connectivity index is 1.68. The van der Waals surface area contributed by atoms with Gasteiger partial charge in [0, 0.05) is 24.5 Å². The van der Waals surface area contributed by atoms with E-state index in [0.717, 1.165) is 24.3 Å². The second-order valence-corrected chi connectivity index (χ2v) is 5.69. The Bertz CT molecular complexity index is 589. The summed E-state index contributed by atoms with van der Waals surface area (Å²) in [7, 11) is 0. The van der Waals surface area contributed by atoms with Crippen molar-refractivity contribution in [1.82, 2.24) is 4.90 Å². The van der Waals surface area contributed by atoms with Crippen LogP contribution in [0, 0.1) is 0 Å². The Morgan fingerprint density at radius 3 is 2.33 bits per heavy atom. The highest BCUT2D eigenvalue weighted by molar-refractivity contribution is 5.54. The molecule has 1 saturated heterocycles. The maximum Gasteiger partial charge on any atom is 0.0421 e. The molecule has 21 heavy (non-hydrogen) atoms. The summed E-state index contributed by atoms with van der Waals surface area (Å²) in [5, 5.41) is 3.54. The summed E-state index contributed by atoms with van der Waals surface area (Å²) in [6, 6.07) is 16.6. The van der Waals surface area contributed by atoms with Crippen LogP contribution in [0.25, 0.3) is 0 Å². The van der Waals surface area contributed by atoms with Gasteiger partial charge >= 0.3 is 0 Å². The number of benzene rings is 2. The molecule has 0 bridgehead atoms. The van der Waals surface area contributed by atoms with Crippen LogP contribution in [0.4, 0.5) is 11.4 Å². The molecule has 110 valence electrons. The van der Waals surface area contributed by atoms with E-state index in [1.165, 1.54) is 37.2 Å². The van der Waals surface area contributed by atoms with Gasteiger partial charge in [-0.3, -0.25) is 4.90 Å². The van der Waals surface area contributed by atoms with Crippen LogP contribution in [0.2, 0.25) is 0 Å². The van der Waals surface area contributed by atoms with Gasteiger partial charge in [0.25, 0.3) is 0 Å². The smallest absolute Gasteiger partial charge is 0.0421 e. The van der Waals surface area contributed by atoms with Gasteiger partial charge in [-0.2, -0.15) is 0 Å². The normalized spacial score (nSPS) is 15.2. The van der Waals surface area contributed by atoms with Gasteiger partial charge in [-0.05, 0) is 49.2 Å². The zero-order valence-electron chi connectivity index (χ0n) is 12.4. The Morgan fingerprint density at radius 2 is 1.57 bits per heavy atom. The molecule has 3 nitrogen and oxygen atoms in total. The molecule has 1 fully saturated rings. The van der Waals surface area contributed by atoms with Crippen LogP contribution in [0.3, 0.4) is 0 Å². The molecule has 0 spiro atoms. The van der Waals surface area contributed by atoms with Crippen molar-refractivity contribution < 1.29 is 0 Å². The average molecular weight is 281 g/mol. The number of nitrogens with one attached hydrogen (secondary N) is 1. The maximum atomic E-state index is 6.01. The van der Waals surface area contributed by atoms with Gasteiger partial charge in [-0.1, -0.05) is 36.4 Å². The molecule has 2 aromatic rings. The van der Waals surface area contributed by atoms with Crippen LogP contribution < -0.4 is 11.1 Å². The van der Waals surface area contributed by atoms with E-state index in [1.54, 1.807) is 0 Å². The van der Waals surface area contributed by atoms with Crippen molar-refractivity contribution >= 4 is 11.4 Å². The molecule has 1 aliphatic heterocycles. The highest BCUT2D eigenvalue weighted by Gasteiger charge is 2.13. The minimum Gasteiger partial charge on any atom is -0.398 e. The van der Waals surface area contributed by atoms with Gasteiger partial charge in [-0.15, -0.1) is 0 Å². The molecule has 0 amide bonds. The lowest BCUT2D eigenvalue weighted by atomic mass is 10.1. The molecule has 1 aliphatic rings. The van der Waals surface area contributed by atoms with E-state index in [1.807, 2.05) is 18.2 Å². The lowest BCUT2D eigenvalue weighted by Crippen LogP contribution is -2.19. The third-order valence-electron chi connectivity index (χ3n) is 4.13. The first kappa shape index (κ1) is 14.0. The molecule has 0 radical (unpaired) electrons. The molecule has 3 heteroatoms. The quantitative estimate of drug-likeness (QED) is 0.824. The van der Waals surface area contributed by atoms with Crippen molar-refractivity contribution in [2.75, 3.05) is 24.1 Å². The van der Waals surface area contributed by atoms with E-state index < -0.39 is 0 Å². The monoisotopic (exact) mass is 281 g/mol. The van der Waals surface area contributed by atoms with Crippen LogP contribution in [0.1, 0.15) is 24.0 Å². The van der Waals surface area contributed by atoms with Crippen molar-refractivity contribution in [2.45, 2.75) is 25.9 Å². The highest BCUT2D eigenvalue weighted by atomic mass is 15.1. The minimum atomic E-state index is 0.768. The Labute approximate surface area is 126 Å². The fraction of sp³-hybridized carbons (Fsp3) is 0.333. The zero-order valence-corrected chi connectivity index (χ0v) is 12.4. The second-order valence-electron chi connectivity index (χ2n) is 5.69. The van der Waals surface area contributed by atoms with Crippen molar-refractivity contribution in [3.8, 4) is 0 Å². The summed E-state index contributed by atoms with van der Waals surface area (Å²) in [6.07, 6.45) is 2.66. The Hall–Kier alpha value is -2.00. The van der Waals surface area contributed by atoms with Crippen molar-refractivity contribution in [3.63, 3.8) is 0 Å². The van der Waals surface area contributed by atoms with Gasteiger partial charge in [-0.25, -0.2) is 0 Å². The highest BCUT2D eigenvalue weighted by Crippen LogP contribution is 2.21. The molecule has 1 heterocycles. The summed E-state index contributed by atoms with van der Waals surface area (Å²) in [5.41, 5.74) is 10.6. The second kappa shape index (κ2) is 6.64. The first-order valence-electron chi connectivity index (χ1n) is 7.70. The Morgan fingerprint density at radius 1 is 0.905 bits per heavy atom. The van der Waals surface area contributed by atoms with Crippen LogP contribution in [0.5, 0.6) is 0 Å². The fourth-order valence-electron chi connectivity index (χ4n) is 2.90. The summed E-state index contributed by atoms with van der Waals surface area (Å²) in [5.74, 6) is 0. The van der Waals surface area contributed by atoms with E-state index in [2.05, 4.69) is 40.5 Å². The van der Waals surface area contributed by atoms with Crippen molar-refractivity contribution in [3.05, 3.63) is 59.7 Å². The van der Waals surface area contributed by atoms with Gasteiger partial charge in [0.05, 0.1) is 0 Å². The third-order valence-corrected chi connectivity index (χ3v) is 4.13. The largest absolute Gasteiger partial charge is 0.398 e. The van der Waals surface area contributed by atoms with Gasteiger partial charge in [0.2, 0.25) is 0 Å². The number of likely N-dealkylation sites (tertiary alicyclic amines) is 1. The van der Waals surface area contributed by atoms with E-state index in [-0.39, 0.29) is 0 Å². The van der Waals surface area contributed by atoms with Gasteiger partial charge < -0.3 is 11.1 Å². The molecule has 0 saturated carbocycles. The van der Waals surface area contributed by atoms with Crippen LogP contribution in [0.15, 0.2) is 48.5 Å². The molecular weight excluding hydrogens is 258 g/mol. The Kier molecular flexibility index (Phi) is 4.41. The van der Waals surface area contributed by atoms with E-state index in [9.17, 15) is 0 Å². The number of para-hydroxylation sites is 2. The molecule has 3 N–H and O–H groups in total. The van der Waals surface area contributed by atoms with Crippen molar-refractivity contribution in [1.29, 1.82) is 0 Å². The number of hydrogen-bond acceptors (Lipinski definition) is 3. The molecule has 0 aliphatic carbocycles. The van der Waals surface area contributed by atoms with Gasteiger partial charge in [0.1, 0.15) is 0 Å². The van der Waals surface area contributed by atoms with Crippen LogP contribution in [-0.2, 0) is 13.1 Å². The molecule has 2 aromatic carbocycles. The summed E-state index contributed by atoms with van der Waals surface area (Å²) < 4.78 is 0. The number of rotatable bonds is 5. The van der Waals surface area contributed by atoms with E-state index in [4.69, 9.17) is 5.73 Å². The van der Waals surface area contributed by atoms with Crippen LogP contribution >= 0.6 is 0 Å². The summed E-state index contributed by atoms with van der Waals surface area (Å²) in [4.78, 5) is 2.53. The molecule has 3 rings (SSSR count). The molecule has 0 aromatic heterocycles. The van der Waals surface area contributed by atoms with E-state index in [0.29, 0.717) is 0 Å². The number of anilines is 2. The molecular formula is C18H23N3. The molecule has 0 unspecified atom stereocenters. The van der Waals surface area contributed by atoms with E-state index >= 15 is 0 Å². The number of nitrogens with zero attached hydrogens (tertiary/aromatic N) is 1. The SMILES string of the molecule is Nc1ccccc1CNc1ccccc1CN1CCCC1. The van der Waals surface area contributed by atoms with Crippen LogP contribution in [-0.4, -0.2) is 18.0 Å². The summed E-state index contributed by atoms with van der Waals surface area (Å²) >= 11 is 0. The fourth-order valence-corrected chi connectivity index (χ4v) is 2.90. The predicted octanol–water partition coefficient (Wildman–Crippen LogP) is 3.48. The number of hydrogen-bond donors (Lipinski definition) is 2. The standard InChI is InChI=1S/C18H23N3/c19-17-9-3-1-7-15(17)13-20-18-10-4-2-8-16(18)14-21-11-5-6-12-21/h1-4,7-10,20H,5-6,11-14,19H2. The maximum absolute atomic E-state index is 6.01. The topological polar surface area (TPSA) is 41.3 Å². The van der Waals surface area contributed by atoms with Gasteiger partial charge in [0.15, 0.2) is 0 Å². The number of nitrogen functional groups attached to an aromatic ring is 1. The summed E-state index contributed by atoms with van der Waals surface area (Å²) in [6.45, 7) is 4.25. The van der Waals surface area contributed by atoms with Crippen molar-refractivity contribution in [2.24, 2.45) is 0 Å². The average Bonchev–Trinajstić information content (AvgIpc) is 3.01. The third kappa shape index (κ3) is 3.56. The predicted molar refractivity (Wildman–Crippen MR) is 89.1 cm³/mol. The molecule has 0 atom stereocenters. The minimum absolute atomic E-state index is 0.768. The number of nitrogens with two attached hydrogens (primary N) is 1. The first-order chi connectivity index (χ1) is 10.3. The lowest BCUT2D eigenvalue weighted by molar-refractivity contribution is 0.332.